The second-order valence-corrected chi connectivity index (χ2v) is 8.47. The van der Waals surface area contributed by atoms with Gasteiger partial charge in [0.1, 0.15) is 5.82 Å². The van der Waals surface area contributed by atoms with Crippen molar-refractivity contribution in [2.75, 3.05) is 29.9 Å². The van der Waals surface area contributed by atoms with Crippen molar-refractivity contribution in [3.8, 4) is 0 Å². The zero-order chi connectivity index (χ0) is 21.7. The Balaban J connectivity index is 1.84. The number of halogens is 1. The van der Waals surface area contributed by atoms with Gasteiger partial charge in [-0.3, -0.25) is 9.59 Å². The molecule has 2 amide bonds. The van der Waals surface area contributed by atoms with Gasteiger partial charge in [-0.25, -0.2) is 4.39 Å². The lowest BCUT2D eigenvalue weighted by molar-refractivity contribution is 0.0948. The molecule has 2 aromatic carbocycles. The molecule has 1 heterocycles. The van der Waals surface area contributed by atoms with Crippen LogP contribution in [0, 0.1) is 17.7 Å². The van der Waals surface area contributed by atoms with E-state index in [9.17, 15) is 14.0 Å². The minimum Gasteiger partial charge on any atom is -0.371 e. The number of hydrogen-bond acceptors (Lipinski definition) is 3. The number of piperidine rings is 1. The van der Waals surface area contributed by atoms with Gasteiger partial charge in [0.25, 0.3) is 11.8 Å². The lowest BCUT2D eigenvalue weighted by Crippen LogP contribution is -2.35. The maximum Gasteiger partial charge on any atom is 0.255 e. The summed E-state index contributed by atoms with van der Waals surface area (Å²) in [5.41, 5.74) is 2.34. The van der Waals surface area contributed by atoms with Crippen molar-refractivity contribution < 1.29 is 14.0 Å². The zero-order valence-electron chi connectivity index (χ0n) is 17.9. The summed E-state index contributed by atoms with van der Waals surface area (Å²) in [6.07, 6.45) is 2.19. The van der Waals surface area contributed by atoms with Crippen molar-refractivity contribution in [3.63, 3.8) is 0 Å². The van der Waals surface area contributed by atoms with Gasteiger partial charge in [-0.2, -0.15) is 0 Å². The number of amides is 2. The molecule has 0 radical (unpaired) electrons. The van der Waals surface area contributed by atoms with E-state index in [-0.39, 0.29) is 11.8 Å². The molecule has 160 valence electrons. The van der Waals surface area contributed by atoms with Crippen molar-refractivity contribution in [2.45, 2.75) is 33.6 Å². The van der Waals surface area contributed by atoms with Crippen molar-refractivity contribution in [3.05, 3.63) is 59.4 Å². The van der Waals surface area contributed by atoms with Crippen LogP contribution in [-0.2, 0) is 0 Å². The summed E-state index contributed by atoms with van der Waals surface area (Å²) >= 11 is 0. The van der Waals surface area contributed by atoms with E-state index >= 15 is 0 Å². The van der Waals surface area contributed by atoms with Crippen LogP contribution in [0.5, 0.6) is 0 Å². The molecule has 0 bridgehead atoms. The Morgan fingerprint density at radius 1 is 1.07 bits per heavy atom. The van der Waals surface area contributed by atoms with E-state index in [1.54, 1.807) is 6.07 Å². The molecule has 0 unspecified atom stereocenters. The predicted octanol–water partition coefficient (Wildman–Crippen LogP) is 4.70. The lowest BCUT2D eigenvalue weighted by atomic mass is 9.97. The average Bonchev–Trinajstić information content (AvgIpc) is 2.73. The first-order chi connectivity index (χ1) is 14.3. The van der Waals surface area contributed by atoms with Crippen LogP contribution in [-0.4, -0.2) is 31.4 Å². The Bertz CT molecular complexity index is 888. The molecule has 2 N–H and O–H groups in total. The van der Waals surface area contributed by atoms with Gasteiger partial charge in [-0.15, -0.1) is 0 Å². The Hall–Kier alpha value is -2.89. The lowest BCUT2D eigenvalue weighted by Gasteiger charge is -2.33. The van der Waals surface area contributed by atoms with Crippen molar-refractivity contribution in [2.24, 2.45) is 11.8 Å². The molecule has 6 heteroatoms. The summed E-state index contributed by atoms with van der Waals surface area (Å²) in [6, 6.07) is 10.8. The third kappa shape index (κ3) is 5.59. The number of benzene rings is 2. The second kappa shape index (κ2) is 9.74. The van der Waals surface area contributed by atoms with Crippen LogP contribution in [0.2, 0.25) is 0 Å². The number of hydrogen-bond donors (Lipinski definition) is 2. The standard InChI is InChI=1S/C24H30FN3O2/c1-16(2)15-26-24(30)21-14-20(27-23(29)18-4-6-19(25)7-5-18)8-9-22(21)28-12-10-17(3)11-13-28/h4-9,14,16-17H,10-13,15H2,1-3H3,(H,26,30)(H,27,29). The van der Waals surface area contributed by atoms with Crippen LogP contribution < -0.4 is 15.5 Å². The zero-order valence-corrected chi connectivity index (χ0v) is 17.9. The van der Waals surface area contributed by atoms with Crippen LogP contribution in [0.4, 0.5) is 15.8 Å². The minimum atomic E-state index is -0.393. The molecular weight excluding hydrogens is 381 g/mol. The number of carbonyl (C=O) groups is 2. The van der Waals surface area contributed by atoms with Gasteiger partial charge in [0.2, 0.25) is 0 Å². The van der Waals surface area contributed by atoms with Crippen molar-refractivity contribution >= 4 is 23.2 Å². The first kappa shape index (κ1) is 21.8. The molecule has 3 rings (SSSR count). The monoisotopic (exact) mass is 411 g/mol. The van der Waals surface area contributed by atoms with Gasteiger partial charge in [0.15, 0.2) is 0 Å². The highest BCUT2D eigenvalue weighted by Gasteiger charge is 2.22. The van der Waals surface area contributed by atoms with E-state index < -0.39 is 5.82 Å². The SMILES string of the molecule is CC(C)CNC(=O)c1cc(NC(=O)c2ccc(F)cc2)ccc1N1CCC(C)CC1. The third-order valence-corrected chi connectivity index (χ3v) is 5.40. The summed E-state index contributed by atoms with van der Waals surface area (Å²) in [7, 11) is 0. The fraction of sp³-hybridized carbons (Fsp3) is 0.417. The van der Waals surface area contributed by atoms with E-state index in [1.807, 2.05) is 26.0 Å². The van der Waals surface area contributed by atoms with E-state index in [2.05, 4.69) is 22.5 Å². The van der Waals surface area contributed by atoms with Gasteiger partial charge in [0, 0.05) is 36.6 Å². The summed E-state index contributed by atoms with van der Waals surface area (Å²) in [5.74, 6) is 0.150. The van der Waals surface area contributed by atoms with Crippen LogP contribution in [0.15, 0.2) is 42.5 Å². The van der Waals surface area contributed by atoms with Gasteiger partial charge < -0.3 is 15.5 Å². The molecule has 2 aromatic rings. The number of rotatable bonds is 6. The highest BCUT2D eigenvalue weighted by molar-refractivity contribution is 6.06. The number of nitrogens with zero attached hydrogens (tertiary/aromatic N) is 1. The fourth-order valence-corrected chi connectivity index (χ4v) is 3.52. The molecule has 0 spiro atoms. The second-order valence-electron chi connectivity index (χ2n) is 8.47. The molecule has 1 saturated heterocycles. The van der Waals surface area contributed by atoms with Crippen LogP contribution in [0.1, 0.15) is 54.3 Å². The minimum absolute atomic E-state index is 0.143. The summed E-state index contributed by atoms with van der Waals surface area (Å²) in [4.78, 5) is 27.7. The van der Waals surface area contributed by atoms with Gasteiger partial charge in [-0.05, 0) is 67.1 Å². The molecule has 30 heavy (non-hydrogen) atoms. The Morgan fingerprint density at radius 2 is 1.73 bits per heavy atom. The number of anilines is 2. The van der Waals surface area contributed by atoms with E-state index in [0.717, 1.165) is 31.6 Å². The molecule has 0 saturated carbocycles. The van der Waals surface area contributed by atoms with Crippen LogP contribution >= 0.6 is 0 Å². The molecule has 1 aliphatic heterocycles. The van der Waals surface area contributed by atoms with Crippen LogP contribution in [0.3, 0.4) is 0 Å². The maximum absolute atomic E-state index is 13.1. The van der Waals surface area contributed by atoms with E-state index in [0.29, 0.717) is 35.2 Å². The highest BCUT2D eigenvalue weighted by Crippen LogP contribution is 2.29. The average molecular weight is 412 g/mol. The first-order valence-electron chi connectivity index (χ1n) is 10.6. The van der Waals surface area contributed by atoms with Gasteiger partial charge >= 0.3 is 0 Å². The van der Waals surface area contributed by atoms with Crippen molar-refractivity contribution in [1.82, 2.24) is 5.32 Å². The van der Waals surface area contributed by atoms with Crippen molar-refractivity contribution in [1.29, 1.82) is 0 Å². The maximum atomic E-state index is 13.1. The Kier molecular flexibility index (Phi) is 7.08. The molecular formula is C24H30FN3O2. The molecule has 0 atom stereocenters. The smallest absolute Gasteiger partial charge is 0.255 e. The molecule has 0 aliphatic carbocycles. The quantitative estimate of drug-likeness (QED) is 0.724. The largest absolute Gasteiger partial charge is 0.371 e. The normalized spacial score (nSPS) is 14.6. The van der Waals surface area contributed by atoms with E-state index in [1.165, 1.54) is 24.3 Å². The molecule has 1 fully saturated rings. The molecule has 5 nitrogen and oxygen atoms in total. The van der Waals surface area contributed by atoms with Gasteiger partial charge in [-0.1, -0.05) is 20.8 Å². The first-order valence-corrected chi connectivity index (χ1v) is 10.6. The Labute approximate surface area is 177 Å². The molecule has 0 aromatic heterocycles. The third-order valence-electron chi connectivity index (χ3n) is 5.40. The number of carbonyl (C=O) groups excluding carboxylic acids is 2. The topological polar surface area (TPSA) is 61.4 Å². The number of nitrogens with one attached hydrogen (secondary N) is 2. The summed E-state index contributed by atoms with van der Waals surface area (Å²) < 4.78 is 13.1. The summed E-state index contributed by atoms with van der Waals surface area (Å²) in [5, 5.41) is 5.80. The van der Waals surface area contributed by atoms with Gasteiger partial charge in [0.05, 0.1) is 5.56 Å². The van der Waals surface area contributed by atoms with E-state index in [4.69, 9.17) is 0 Å². The fourth-order valence-electron chi connectivity index (χ4n) is 3.52. The predicted molar refractivity (Wildman–Crippen MR) is 119 cm³/mol. The highest BCUT2D eigenvalue weighted by atomic mass is 19.1. The Morgan fingerprint density at radius 3 is 2.37 bits per heavy atom. The molecule has 1 aliphatic rings. The summed E-state index contributed by atoms with van der Waals surface area (Å²) in [6.45, 7) is 8.75. The van der Waals surface area contributed by atoms with Crippen LogP contribution in [0.25, 0.3) is 0 Å².